The van der Waals surface area contributed by atoms with Gasteiger partial charge in [-0.2, -0.15) is 0 Å². The number of carbonyl (C=O) groups is 1. The lowest BCUT2D eigenvalue weighted by atomic mass is 10.1. The van der Waals surface area contributed by atoms with Gasteiger partial charge in [0.25, 0.3) is 0 Å². The Hall–Kier alpha value is -0.570. The van der Waals surface area contributed by atoms with Crippen molar-refractivity contribution in [1.29, 1.82) is 0 Å². The van der Waals surface area contributed by atoms with Gasteiger partial charge < -0.3 is 10.2 Å². The largest absolute Gasteiger partial charge is 0.342 e. The van der Waals surface area contributed by atoms with E-state index >= 15 is 0 Å². The first-order valence-corrected chi connectivity index (χ1v) is 7.25. The molecule has 0 bridgehead atoms. The van der Waals surface area contributed by atoms with Crippen molar-refractivity contribution < 1.29 is 4.79 Å². The number of nitrogens with zero attached hydrogens (tertiary/aromatic N) is 1. The Balaban J connectivity index is 2.09. The average Bonchev–Trinajstić information content (AvgIpc) is 2.37. The molecule has 100 valence electrons. The number of carbonyl (C=O) groups excluding carboxylic acids is 1. The van der Waals surface area contributed by atoms with Crippen LogP contribution in [0.2, 0.25) is 0 Å². The number of nitrogens with one attached hydrogen (secondary N) is 1. The van der Waals surface area contributed by atoms with Crippen LogP contribution in [0.15, 0.2) is 0 Å². The summed E-state index contributed by atoms with van der Waals surface area (Å²) in [7, 11) is 0. The zero-order chi connectivity index (χ0) is 12.5. The van der Waals surface area contributed by atoms with Gasteiger partial charge in [0.15, 0.2) is 0 Å². The van der Waals surface area contributed by atoms with Crippen molar-refractivity contribution >= 4 is 5.91 Å². The second-order valence-electron chi connectivity index (χ2n) is 5.22. The van der Waals surface area contributed by atoms with Crippen molar-refractivity contribution in [2.24, 2.45) is 0 Å². The summed E-state index contributed by atoms with van der Waals surface area (Å²) < 4.78 is 0. The van der Waals surface area contributed by atoms with E-state index in [1.54, 1.807) is 0 Å². The van der Waals surface area contributed by atoms with E-state index in [9.17, 15) is 4.79 Å². The van der Waals surface area contributed by atoms with Gasteiger partial charge in [0.1, 0.15) is 0 Å². The van der Waals surface area contributed by atoms with Gasteiger partial charge >= 0.3 is 0 Å². The summed E-state index contributed by atoms with van der Waals surface area (Å²) in [4.78, 5) is 13.9. The number of amides is 1. The third kappa shape index (κ3) is 6.06. The van der Waals surface area contributed by atoms with E-state index < -0.39 is 0 Å². The number of hydrogen-bond donors (Lipinski definition) is 1. The highest BCUT2D eigenvalue weighted by atomic mass is 16.2. The highest BCUT2D eigenvalue weighted by Crippen LogP contribution is 2.08. The van der Waals surface area contributed by atoms with Gasteiger partial charge in [-0.25, -0.2) is 0 Å². The monoisotopic (exact) mass is 240 g/mol. The third-order valence-electron chi connectivity index (χ3n) is 3.55. The Morgan fingerprint density at radius 3 is 2.59 bits per heavy atom. The number of unbranched alkanes of at least 4 members (excludes halogenated alkanes) is 2. The van der Waals surface area contributed by atoms with Gasteiger partial charge in [-0.1, -0.05) is 26.2 Å². The van der Waals surface area contributed by atoms with Crippen LogP contribution >= 0.6 is 0 Å². The Morgan fingerprint density at radius 1 is 1.24 bits per heavy atom. The maximum absolute atomic E-state index is 11.9. The minimum Gasteiger partial charge on any atom is -0.342 e. The highest BCUT2D eigenvalue weighted by molar-refractivity contribution is 5.78. The molecular formula is C14H28N2O. The van der Waals surface area contributed by atoms with E-state index in [1.807, 2.05) is 4.90 Å². The Bertz CT molecular complexity index is 212. The smallest absolute Gasteiger partial charge is 0.236 e. The lowest BCUT2D eigenvalue weighted by Gasteiger charge is -2.27. The van der Waals surface area contributed by atoms with Gasteiger partial charge in [0, 0.05) is 19.1 Å². The quantitative estimate of drug-likeness (QED) is 0.694. The molecule has 0 spiro atoms. The summed E-state index contributed by atoms with van der Waals surface area (Å²) in [6, 6.07) is 0.468. The lowest BCUT2D eigenvalue weighted by molar-refractivity contribution is -0.131. The van der Waals surface area contributed by atoms with Gasteiger partial charge in [-0.3, -0.25) is 4.79 Å². The topological polar surface area (TPSA) is 32.3 Å². The molecule has 1 fully saturated rings. The Labute approximate surface area is 106 Å². The summed E-state index contributed by atoms with van der Waals surface area (Å²) in [6.45, 7) is 6.85. The molecule has 0 aromatic carbocycles. The first-order chi connectivity index (χ1) is 8.24. The molecule has 1 atom stereocenters. The van der Waals surface area contributed by atoms with Gasteiger partial charge in [-0.05, 0) is 32.6 Å². The fourth-order valence-corrected chi connectivity index (χ4v) is 2.32. The average molecular weight is 240 g/mol. The maximum Gasteiger partial charge on any atom is 0.236 e. The Kier molecular flexibility index (Phi) is 7.25. The Morgan fingerprint density at radius 2 is 1.94 bits per heavy atom. The van der Waals surface area contributed by atoms with Crippen LogP contribution in [0.3, 0.4) is 0 Å². The van der Waals surface area contributed by atoms with E-state index in [2.05, 4.69) is 19.2 Å². The molecule has 1 amide bonds. The van der Waals surface area contributed by atoms with Crippen LogP contribution in [0.4, 0.5) is 0 Å². The van der Waals surface area contributed by atoms with Gasteiger partial charge in [0.05, 0.1) is 6.54 Å². The molecule has 0 aromatic rings. The second kappa shape index (κ2) is 8.51. The predicted molar refractivity (Wildman–Crippen MR) is 72.0 cm³/mol. The summed E-state index contributed by atoms with van der Waals surface area (Å²) in [6.07, 6.45) is 8.65. The van der Waals surface area contributed by atoms with E-state index in [0.29, 0.717) is 12.6 Å². The normalized spacial score (nSPS) is 18.1. The summed E-state index contributed by atoms with van der Waals surface area (Å²) in [5.74, 6) is 0.284. The molecule has 1 unspecified atom stereocenters. The molecule has 0 radical (unpaired) electrons. The summed E-state index contributed by atoms with van der Waals surface area (Å²) >= 11 is 0. The van der Waals surface area contributed by atoms with Crippen LogP contribution in [-0.2, 0) is 4.79 Å². The fraction of sp³-hybridized carbons (Fsp3) is 0.929. The molecule has 0 aliphatic carbocycles. The molecular weight excluding hydrogens is 212 g/mol. The second-order valence-corrected chi connectivity index (χ2v) is 5.22. The van der Waals surface area contributed by atoms with Crippen LogP contribution in [0.25, 0.3) is 0 Å². The summed E-state index contributed by atoms with van der Waals surface area (Å²) in [5.41, 5.74) is 0. The van der Waals surface area contributed by atoms with Crippen molar-refractivity contribution in [3.05, 3.63) is 0 Å². The molecule has 0 saturated carbocycles. The van der Waals surface area contributed by atoms with E-state index in [4.69, 9.17) is 0 Å². The first-order valence-electron chi connectivity index (χ1n) is 7.25. The standard InChI is InChI=1S/C14H28N2O/c1-3-4-6-9-13(2)15-12-14(17)16-10-7-5-8-11-16/h13,15H,3-12H2,1-2H3. The maximum atomic E-state index is 11.9. The molecule has 1 aliphatic heterocycles. The number of rotatable bonds is 7. The molecule has 1 aliphatic rings. The minimum atomic E-state index is 0.284. The molecule has 1 N–H and O–H groups in total. The fourth-order valence-electron chi connectivity index (χ4n) is 2.32. The molecule has 1 heterocycles. The van der Waals surface area contributed by atoms with Gasteiger partial charge in [-0.15, -0.1) is 0 Å². The van der Waals surface area contributed by atoms with Crippen molar-refractivity contribution in [3.63, 3.8) is 0 Å². The van der Waals surface area contributed by atoms with E-state index in [1.165, 1.54) is 44.9 Å². The molecule has 0 aromatic heterocycles. The SMILES string of the molecule is CCCCCC(C)NCC(=O)N1CCCCC1. The van der Waals surface area contributed by atoms with Crippen molar-refractivity contribution in [2.45, 2.75) is 64.8 Å². The number of hydrogen-bond acceptors (Lipinski definition) is 2. The number of piperidine rings is 1. The minimum absolute atomic E-state index is 0.284. The first kappa shape index (κ1) is 14.5. The summed E-state index contributed by atoms with van der Waals surface area (Å²) in [5, 5.41) is 3.35. The van der Waals surface area contributed by atoms with Crippen LogP contribution in [0.1, 0.15) is 58.8 Å². The highest BCUT2D eigenvalue weighted by Gasteiger charge is 2.16. The molecule has 17 heavy (non-hydrogen) atoms. The molecule has 1 saturated heterocycles. The molecule has 3 nitrogen and oxygen atoms in total. The predicted octanol–water partition coefficient (Wildman–Crippen LogP) is 2.56. The van der Waals surface area contributed by atoms with E-state index in [-0.39, 0.29) is 5.91 Å². The van der Waals surface area contributed by atoms with Crippen LogP contribution in [-0.4, -0.2) is 36.5 Å². The van der Waals surface area contributed by atoms with Crippen LogP contribution in [0.5, 0.6) is 0 Å². The number of likely N-dealkylation sites (tertiary alicyclic amines) is 1. The lowest BCUT2D eigenvalue weighted by Crippen LogP contribution is -2.43. The van der Waals surface area contributed by atoms with Crippen LogP contribution in [0, 0.1) is 0 Å². The van der Waals surface area contributed by atoms with Crippen LogP contribution < -0.4 is 5.32 Å². The van der Waals surface area contributed by atoms with Crippen molar-refractivity contribution in [2.75, 3.05) is 19.6 Å². The third-order valence-corrected chi connectivity index (χ3v) is 3.55. The zero-order valence-electron chi connectivity index (χ0n) is 11.5. The zero-order valence-corrected chi connectivity index (χ0v) is 11.5. The van der Waals surface area contributed by atoms with Crippen molar-refractivity contribution in [3.8, 4) is 0 Å². The van der Waals surface area contributed by atoms with Crippen molar-refractivity contribution in [1.82, 2.24) is 10.2 Å². The van der Waals surface area contributed by atoms with Gasteiger partial charge in [0.2, 0.25) is 5.91 Å². The molecule has 3 heteroatoms. The molecule has 1 rings (SSSR count). The van der Waals surface area contributed by atoms with E-state index in [0.717, 1.165) is 13.1 Å².